The van der Waals surface area contributed by atoms with E-state index in [2.05, 4.69) is 5.32 Å². The maximum atomic E-state index is 12.0. The zero-order chi connectivity index (χ0) is 14.5. The lowest BCUT2D eigenvalue weighted by Crippen LogP contribution is -2.48. The molecule has 0 aromatic heterocycles. The van der Waals surface area contributed by atoms with Crippen molar-refractivity contribution in [1.29, 1.82) is 0 Å². The first kappa shape index (κ1) is 14.9. The van der Waals surface area contributed by atoms with E-state index in [0.717, 1.165) is 5.75 Å². The molecule has 1 atom stereocenters. The van der Waals surface area contributed by atoms with Gasteiger partial charge in [0.1, 0.15) is 0 Å². The molecule has 1 aliphatic carbocycles. The standard InChI is InChI=1S/C15H19NO3S/c1-10(20-9-11-5-3-2-4-6-11)14(17)16-13-7-12(8-13)15(18)19/h2-6,10,12-13H,7-9H2,1H3,(H,16,17)(H,18,19). The lowest BCUT2D eigenvalue weighted by Gasteiger charge is -2.33. The average molecular weight is 293 g/mol. The molecule has 1 unspecified atom stereocenters. The topological polar surface area (TPSA) is 66.4 Å². The highest BCUT2D eigenvalue weighted by Gasteiger charge is 2.35. The number of amides is 1. The van der Waals surface area contributed by atoms with E-state index in [0.29, 0.717) is 12.8 Å². The minimum absolute atomic E-state index is 0.000213. The van der Waals surface area contributed by atoms with Gasteiger partial charge in [0, 0.05) is 11.8 Å². The number of carboxylic acid groups (broad SMARTS) is 1. The summed E-state index contributed by atoms with van der Waals surface area (Å²) in [6.45, 7) is 1.89. The van der Waals surface area contributed by atoms with E-state index in [4.69, 9.17) is 5.11 Å². The molecule has 1 aliphatic rings. The Hall–Kier alpha value is -1.49. The number of nitrogens with one attached hydrogen (secondary N) is 1. The number of hydrogen-bond donors (Lipinski definition) is 2. The van der Waals surface area contributed by atoms with Gasteiger partial charge in [-0.1, -0.05) is 30.3 Å². The van der Waals surface area contributed by atoms with Crippen molar-refractivity contribution < 1.29 is 14.7 Å². The molecule has 2 rings (SSSR count). The highest BCUT2D eigenvalue weighted by atomic mass is 32.2. The number of aliphatic carboxylic acids is 1. The normalized spacial score (nSPS) is 22.6. The number of carbonyl (C=O) groups excluding carboxylic acids is 1. The van der Waals surface area contributed by atoms with E-state index in [9.17, 15) is 9.59 Å². The molecule has 0 heterocycles. The maximum Gasteiger partial charge on any atom is 0.306 e. The van der Waals surface area contributed by atoms with Crippen LogP contribution in [0.4, 0.5) is 0 Å². The Morgan fingerprint density at radius 2 is 2.00 bits per heavy atom. The molecule has 0 saturated heterocycles. The van der Waals surface area contributed by atoms with Crippen molar-refractivity contribution in [2.45, 2.75) is 36.8 Å². The molecule has 0 aliphatic heterocycles. The van der Waals surface area contributed by atoms with Crippen LogP contribution in [0.15, 0.2) is 30.3 Å². The maximum absolute atomic E-state index is 12.0. The predicted octanol–water partition coefficient (Wildman–Crippen LogP) is 2.29. The molecule has 0 bridgehead atoms. The Balaban J connectivity index is 1.69. The summed E-state index contributed by atoms with van der Waals surface area (Å²) in [6.07, 6.45) is 1.11. The fourth-order valence-corrected chi connectivity index (χ4v) is 2.98. The van der Waals surface area contributed by atoms with Crippen LogP contribution >= 0.6 is 11.8 Å². The van der Waals surface area contributed by atoms with Crippen LogP contribution in [0.5, 0.6) is 0 Å². The second-order valence-corrected chi connectivity index (χ2v) is 6.48. The highest BCUT2D eigenvalue weighted by Crippen LogP contribution is 2.28. The van der Waals surface area contributed by atoms with Crippen LogP contribution in [0.3, 0.4) is 0 Å². The van der Waals surface area contributed by atoms with Crippen molar-refractivity contribution in [2.24, 2.45) is 5.92 Å². The van der Waals surface area contributed by atoms with Gasteiger partial charge >= 0.3 is 5.97 Å². The van der Waals surface area contributed by atoms with Crippen LogP contribution in [0.25, 0.3) is 0 Å². The Morgan fingerprint density at radius 1 is 1.35 bits per heavy atom. The molecule has 1 amide bonds. The first-order valence-corrected chi connectivity index (χ1v) is 7.80. The van der Waals surface area contributed by atoms with E-state index in [1.165, 1.54) is 5.56 Å². The number of rotatable bonds is 6. The SMILES string of the molecule is CC(SCc1ccccc1)C(=O)NC1CC(C(=O)O)C1. The fraction of sp³-hybridized carbons (Fsp3) is 0.467. The Labute approximate surface area is 123 Å². The molecule has 1 fully saturated rings. The number of carboxylic acids is 1. The van der Waals surface area contributed by atoms with Gasteiger partial charge in [-0.2, -0.15) is 0 Å². The van der Waals surface area contributed by atoms with Crippen molar-refractivity contribution in [3.63, 3.8) is 0 Å². The first-order chi connectivity index (χ1) is 9.56. The van der Waals surface area contributed by atoms with Gasteiger partial charge in [-0.25, -0.2) is 0 Å². The summed E-state index contributed by atoms with van der Waals surface area (Å²) in [4.78, 5) is 22.7. The van der Waals surface area contributed by atoms with Crippen molar-refractivity contribution in [3.8, 4) is 0 Å². The number of benzene rings is 1. The second-order valence-electron chi connectivity index (χ2n) is 5.15. The van der Waals surface area contributed by atoms with Gasteiger partial charge in [-0.05, 0) is 25.3 Å². The Kier molecular flexibility index (Phi) is 5.06. The van der Waals surface area contributed by atoms with Crippen LogP contribution in [0.1, 0.15) is 25.3 Å². The van der Waals surface area contributed by atoms with E-state index in [1.54, 1.807) is 11.8 Å². The van der Waals surface area contributed by atoms with Crippen molar-refractivity contribution in [3.05, 3.63) is 35.9 Å². The molecule has 108 valence electrons. The summed E-state index contributed by atoms with van der Waals surface area (Å²) < 4.78 is 0. The van der Waals surface area contributed by atoms with Crippen LogP contribution in [0.2, 0.25) is 0 Å². The summed E-state index contributed by atoms with van der Waals surface area (Å²) in [6, 6.07) is 10.1. The molecule has 4 nitrogen and oxygen atoms in total. The second kappa shape index (κ2) is 6.79. The highest BCUT2D eigenvalue weighted by molar-refractivity contribution is 7.99. The van der Waals surface area contributed by atoms with Crippen LogP contribution in [0, 0.1) is 5.92 Å². The Bertz CT molecular complexity index is 471. The first-order valence-electron chi connectivity index (χ1n) is 6.75. The number of carbonyl (C=O) groups is 2. The molecule has 1 aromatic rings. The van der Waals surface area contributed by atoms with Crippen molar-refractivity contribution in [1.82, 2.24) is 5.32 Å². The average Bonchev–Trinajstić information content (AvgIpc) is 2.40. The van der Waals surface area contributed by atoms with Gasteiger partial charge in [-0.3, -0.25) is 9.59 Å². The summed E-state index contributed by atoms with van der Waals surface area (Å²) in [5, 5.41) is 11.6. The molecule has 5 heteroatoms. The van der Waals surface area contributed by atoms with Gasteiger partial charge in [0.15, 0.2) is 0 Å². The van der Waals surface area contributed by atoms with Crippen molar-refractivity contribution >= 4 is 23.6 Å². The monoisotopic (exact) mass is 293 g/mol. The lowest BCUT2D eigenvalue weighted by molar-refractivity contribution is -0.146. The van der Waals surface area contributed by atoms with E-state index in [1.807, 2.05) is 37.3 Å². The molecule has 2 N–H and O–H groups in total. The van der Waals surface area contributed by atoms with Gasteiger partial charge in [-0.15, -0.1) is 11.8 Å². The minimum atomic E-state index is -0.762. The largest absolute Gasteiger partial charge is 0.481 e. The molecule has 20 heavy (non-hydrogen) atoms. The number of thioether (sulfide) groups is 1. The third-order valence-corrected chi connectivity index (χ3v) is 4.76. The number of hydrogen-bond acceptors (Lipinski definition) is 3. The minimum Gasteiger partial charge on any atom is -0.481 e. The molecule has 0 spiro atoms. The summed E-state index contributed by atoms with van der Waals surface area (Å²) in [5.74, 6) is -0.243. The summed E-state index contributed by atoms with van der Waals surface area (Å²) >= 11 is 1.59. The molecule has 0 radical (unpaired) electrons. The molecule has 1 aromatic carbocycles. The van der Waals surface area contributed by atoms with Gasteiger partial charge in [0.05, 0.1) is 11.2 Å². The smallest absolute Gasteiger partial charge is 0.306 e. The molecular formula is C15H19NO3S. The van der Waals surface area contributed by atoms with Crippen LogP contribution < -0.4 is 5.32 Å². The fourth-order valence-electron chi connectivity index (χ4n) is 2.13. The zero-order valence-corrected chi connectivity index (χ0v) is 12.2. The Morgan fingerprint density at radius 3 is 2.60 bits per heavy atom. The molecule has 1 saturated carbocycles. The summed E-state index contributed by atoms with van der Waals surface area (Å²) in [7, 11) is 0. The van der Waals surface area contributed by atoms with Crippen LogP contribution in [-0.4, -0.2) is 28.3 Å². The van der Waals surface area contributed by atoms with Crippen LogP contribution in [-0.2, 0) is 15.3 Å². The third-order valence-electron chi connectivity index (χ3n) is 3.55. The van der Waals surface area contributed by atoms with E-state index >= 15 is 0 Å². The molecular weight excluding hydrogens is 274 g/mol. The van der Waals surface area contributed by atoms with Gasteiger partial charge < -0.3 is 10.4 Å². The van der Waals surface area contributed by atoms with E-state index in [-0.39, 0.29) is 23.1 Å². The lowest BCUT2D eigenvalue weighted by atomic mass is 9.80. The van der Waals surface area contributed by atoms with E-state index < -0.39 is 5.97 Å². The quantitative estimate of drug-likeness (QED) is 0.844. The van der Waals surface area contributed by atoms with Crippen molar-refractivity contribution in [2.75, 3.05) is 0 Å². The summed E-state index contributed by atoms with van der Waals surface area (Å²) in [5.41, 5.74) is 1.20. The predicted molar refractivity (Wildman–Crippen MR) is 79.5 cm³/mol. The zero-order valence-electron chi connectivity index (χ0n) is 11.4. The van der Waals surface area contributed by atoms with Gasteiger partial charge in [0.25, 0.3) is 0 Å². The third kappa shape index (κ3) is 4.00. The van der Waals surface area contributed by atoms with Gasteiger partial charge in [0.2, 0.25) is 5.91 Å².